The Morgan fingerprint density at radius 1 is 1.31 bits per heavy atom. The summed E-state index contributed by atoms with van der Waals surface area (Å²) in [6.07, 6.45) is 2.51. The number of alkyl halides is 1. The van der Waals surface area contributed by atoms with Crippen LogP contribution >= 0.6 is 0 Å². The van der Waals surface area contributed by atoms with Gasteiger partial charge in [-0.25, -0.2) is 0 Å². The predicted molar refractivity (Wildman–Crippen MR) is 57.4 cm³/mol. The lowest BCUT2D eigenvalue weighted by atomic mass is 10.5. The van der Waals surface area contributed by atoms with Crippen molar-refractivity contribution in [2.24, 2.45) is 5.73 Å². The third-order valence-corrected chi connectivity index (χ3v) is 1.62. The molecule has 1 heterocycles. The summed E-state index contributed by atoms with van der Waals surface area (Å²) in [5.41, 5.74) is 5.19. The first-order valence-corrected chi connectivity index (χ1v) is 5.04. The number of hydrogen-bond acceptors (Lipinski definition) is 4. The molecule has 1 rings (SSSR count). The third-order valence-electron chi connectivity index (χ3n) is 1.62. The van der Waals surface area contributed by atoms with Gasteiger partial charge in [0.15, 0.2) is 0 Å². The molecule has 0 aliphatic carbocycles. The fourth-order valence-corrected chi connectivity index (χ4v) is 0.993. The summed E-state index contributed by atoms with van der Waals surface area (Å²) in [7, 11) is 0. The maximum absolute atomic E-state index is 11.0. The second kappa shape index (κ2) is 8.99. The number of imide groups is 1. The van der Waals surface area contributed by atoms with Crippen molar-refractivity contribution >= 4 is 11.8 Å². The van der Waals surface area contributed by atoms with Crippen molar-refractivity contribution < 1.29 is 18.7 Å². The van der Waals surface area contributed by atoms with Crippen molar-refractivity contribution in [3.05, 3.63) is 12.2 Å². The van der Waals surface area contributed by atoms with Crippen molar-refractivity contribution in [3.63, 3.8) is 0 Å². The second-order valence-corrected chi connectivity index (χ2v) is 2.83. The molecule has 0 bridgehead atoms. The van der Waals surface area contributed by atoms with Gasteiger partial charge in [-0.3, -0.25) is 18.9 Å². The second-order valence-electron chi connectivity index (χ2n) is 2.83. The molecule has 92 valence electrons. The topological polar surface area (TPSA) is 72.6 Å². The molecule has 5 nitrogen and oxygen atoms in total. The van der Waals surface area contributed by atoms with Gasteiger partial charge in [-0.05, 0) is 6.92 Å². The Hall–Kier alpha value is -1.27. The average Bonchev–Trinajstić information content (AvgIpc) is 2.56. The molecule has 0 fully saturated rings. The minimum atomic E-state index is -0.277. The Morgan fingerprint density at radius 2 is 1.81 bits per heavy atom. The summed E-state index contributed by atoms with van der Waals surface area (Å²) >= 11 is 0. The molecule has 0 radical (unpaired) electrons. The van der Waals surface area contributed by atoms with Gasteiger partial charge in [0.25, 0.3) is 11.8 Å². The number of halogens is 1. The molecule has 0 saturated carbocycles. The van der Waals surface area contributed by atoms with E-state index >= 15 is 0 Å². The first kappa shape index (κ1) is 14.7. The number of amides is 2. The number of rotatable bonds is 5. The molecule has 2 amide bonds. The maximum atomic E-state index is 11.0. The van der Waals surface area contributed by atoms with Crippen LogP contribution in [0.15, 0.2) is 12.2 Å². The Balaban J connectivity index is 0.000000673. The van der Waals surface area contributed by atoms with Crippen molar-refractivity contribution in [1.82, 2.24) is 4.90 Å². The smallest absolute Gasteiger partial charge is 0.253 e. The van der Waals surface area contributed by atoms with Crippen LogP contribution in [0.5, 0.6) is 0 Å². The Kier molecular flexibility index (Phi) is 8.28. The van der Waals surface area contributed by atoms with Crippen molar-refractivity contribution in [3.8, 4) is 0 Å². The largest absolute Gasteiger partial charge is 0.378 e. The molecule has 1 aliphatic heterocycles. The average molecular weight is 232 g/mol. The van der Waals surface area contributed by atoms with Crippen molar-refractivity contribution in [1.29, 1.82) is 0 Å². The summed E-state index contributed by atoms with van der Waals surface area (Å²) < 4.78 is 15.3. The summed E-state index contributed by atoms with van der Waals surface area (Å²) in [5.74, 6) is -0.553. The van der Waals surface area contributed by atoms with Crippen LogP contribution in [-0.4, -0.2) is 49.7 Å². The Labute approximate surface area is 94.0 Å². The van der Waals surface area contributed by atoms with Gasteiger partial charge in [0.2, 0.25) is 0 Å². The summed E-state index contributed by atoms with van der Waals surface area (Å²) in [5, 5.41) is 0. The van der Waals surface area contributed by atoms with E-state index in [1.165, 1.54) is 19.1 Å². The third kappa shape index (κ3) is 5.57. The molecule has 0 aromatic carbocycles. The number of hydrogen-bond donors (Lipinski definition) is 1. The first-order chi connectivity index (χ1) is 7.67. The van der Waals surface area contributed by atoms with Gasteiger partial charge < -0.3 is 10.5 Å². The molecule has 0 atom stereocenters. The van der Waals surface area contributed by atoms with Gasteiger partial charge in [-0.15, -0.1) is 0 Å². The van der Waals surface area contributed by atoms with Crippen molar-refractivity contribution in [2.45, 2.75) is 6.92 Å². The highest BCUT2D eigenvalue weighted by Crippen LogP contribution is 2.02. The Bertz CT molecular complexity index is 238. The van der Waals surface area contributed by atoms with Crippen LogP contribution < -0.4 is 5.73 Å². The number of carbonyl (C=O) groups excluding carboxylic acids is 2. The van der Waals surface area contributed by atoms with Gasteiger partial charge >= 0.3 is 0 Å². The Morgan fingerprint density at radius 3 is 2.25 bits per heavy atom. The zero-order chi connectivity index (χ0) is 12.4. The minimum absolute atomic E-state index is 0.250. The van der Waals surface area contributed by atoms with Crippen LogP contribution in [0.4, 0.5) is 4.39 Å². The van der Waals surface area contributed by atoms with Crippen LogP contribution in [-0.2, 0) is 14.3 Å². The van der Waals surface area contributed by atoms with E-state index in [4.69, 9.17) is 10.5 Å². The number of nitrogens with zero attached hydrogens (tertiary/aromatic N) is 1. The molecular weight excluding hydrogens is 215 g/mol. The van der Waals surface area contributed by atoms with E-state index < -0.39 is 0 Å². The molecule has 0 aromatic rings. The summed E-state index contributed by atoms with van der Waals surface area (Å²) in [6.45, 7) is 2.74. The number of carbonyl (C=O) groups is 2. The van der Waals surface area contributed by atoms with Crippen LogP contribution in [0, 0.1) is 0 Å². The van der Waals surface area contributed by atoms with Gasteiger partial charge in [0.05, 0.1) is 26.4 Å². The monoisotopic (exact) mass is 232 g/mol. The van der Waals surface area contributed by atoms with Gasteiger partial charge in [0.1, 0.15) is 0 Å². The normalized spacial score (nSPS) is 14.1. The van der Waals surface area contributed by atoms with E-state index in [0.29, 0.717) is 26.3 Å². The zero-order valence-electron chi connectivity index (χ0n) is 9.32. The molecular formula is C10H17FN2O3. The lowest BCUT2D eigenvalue weighted by Crippen LogP contribution is -2.33. The van der Waals surface area contributed by atoms with E-state index in [1.807, 2.05) is 0 Å². The fraction of sp³-hybridized carbons (Fsp3) is 0.600. The zero-order valence-corrected chi connectivity index (χ0v) is 9.32. The minimum Gasteiger partial charge on any atom is -0.378 e. The summed E-state index contributed by atoms with van der Waals surface area (Å²) in [6, 6.07) is 0. The van der Waals surface area contributed by atoms with Gasteiger partial charge in [-0.1, -0.05) is 0 Å². The quantitative estimate of drug-likeness (QED) is 0.529. The van der Waals surface area contributed by atoms with Gasteiger partial charge in [-0.2, -0.15) is 0 Å². The molecule has 6 heteroatoms. The van der Waals surface area contributed by atoms with E-state index in [0.717, 1.165) is 4.90 Å². The number of ether oxygens (including phenoxy) is 1. The SMILES string of the molecule is CCF.NCCOCCN1C(=O)C=CC1=O. The molecule has 16 heavy (non-hydrogen) atoms. The van der Waals surface area contributed by atoms with E-state index in [9.17, 15) is 14.0 Å². The molecule has 1 aliphatic rings. The highest BCUT2D eigenvalue weighted by Gasteiger charge is 2.22. The summed E-state index contributed by atoms with van der Waals surface area (Å²) in [4.78, 5) is 23.1. The molecule has 0 spiro atoms. The van der Waals surface area contributed by atoms with E-state index in [2.05, 4.69) is 0 Å². The highest BCUT2D eigenvalue weighted by atomic mass is 19.1. The lowest BCUT2D eigenvalue weighted by Gasteiger charge is -2.12. The van der Waals surface area contributed by atoms with Crippen molar-refractivity contribution in [2.75, 3.05) is 33.0 Å². The van der Waals surface area contributed by atoms with E-state index in [1.54, 1.807) is 0 Å². The van der Waals surface area contributed by atoms with Crippen LogP contribution in [0.3, 0.4) is 0 Å². The fourth-order valence-electron chi connectivity index (χ4n) is 0.993. The lowest BCUT2D eigenvalue weighted by molar-refractivity contribution is -0.137. The van der Waals surface area contributed by atoms with Gasteiger partial charge in [0, 0.05) is 18.7 Å². The number of nitrogens with two attached hydrogens (primary N) is 1. The standard InChI is InChI=1S/C8H12N2O3.C2H5F/c9-3-5-13-6-4-10-7(11)1-2-8(10)12;1-2-3/h1-2H,3-6,9H2;2H2,1H3. The molecule has 2 N–H and O–H groups in total. The first-order valence-electron chi connectivity index (χ1n) is 5.04. The van der Waals surface area contributed by atoms with Crippen LogP contribution in [0.2, 0.25) is 0 Å². The molecule has 0 saturated heterocycles. The van der Waals surface area contributed by atoms with Crippen LogP contribution in [0.1, 0.15) is 6.92 Å². The predicted octanol–water partition coefficient (Wildman–Crippen LogP) is -0.138. The molecule has 0 unspecified atom stereocenters. The van der Waals surface area contributed by atoms with Crippen LogP contribution in [0.25, 0.3) is 0 Å². The highest BCUT2D eigenvalue weighted by molar-refractivity contribution is 6.12. The van der Waals surface area contributed by atoms with E-state index in [-0.39, 0.29) is 18.5 Å². The maximum Gasteiger partial charge on any atom is 0.253 e. The molecule has 0 aromatic heterocycles.